The number of esters is 1. The standard InChI is InChI=1S/C25H26F2N4O4/c1-3-35-23(34)15-21(33)14-20(32)12-13-22(25-28-29-30-31(25)2)24(16-4-8-18(26)9-5-16)17-6-10-19(27)11-7-17/h4-13,20-21,32-33H,3,14-15H2,1-2H3/b13-12+. The van der Waals surface area contributed by atoms with Crippen LogP contribution >= 0.6 is 0 Å². The topological polar surface area (TPSA) is 110 Å². The average molecular weight is 485 g/mol. The number of allylic oxidation sites excluding steroid dienone is 2. The normalized spacial score (nSPS) is 13.0. The molecular formula is C25H26F2N4O4. The van der Waals surface area contributed by atoms with Crippen LogP contribution in [0.15, 0.2) is 60.7 Å². The number of ether oxygens (including phenoxy) is 1. The number of benzene rings is 2. The molecule has 0 fully saturated rings. The van der Waals surface area contributed by atoms with Gasteiger partial charge in [-0.3, -0.25) is 4.79 Å². The van der Waals surface area contributed by atoms with Crippen molar-refractivity contribution in [3.63, 3.8) is 0 Å². The lowest BCUT2D eigenvalue weighted by molar-refractivity contribution is -0.145. The van der Waals surface area contributed by atoms with E-state index in [4.69, 9.17) is 4.74 Å². The number of hydrogen-bond donors (Lipinski definition) is 2. The Kier molecular flexibility index (Phi) is 8.93. The van der Waals surface area contributed by atoms with E-state index in [0.29, 0.717) is 28.1 Å². The third-order valence-electron chi connectivity index (χ3n) is 5.10. The van der Waals surface area contributed by atoms with Crippen LogP contribution in [-0.2, 0) is 16.6 Å². The van der Waals surface area contributed by atoms with Crippen molar-refractivity contribution in [3.05, 3.63) is 89.3 Å². The molecule has 35 heavy (non-hydrogen) atoms. The van der Waals surface area contributed by atoms with Gasteiger partial charge in [-0.1, -0.05) is 36.4 Å². The van der Waals surface area contributed by atoms with E-state index >= 15 is 0 Å². The number of rotatable bonds is 10. The van der Waals surface area contributed by atoms with Gasteiger partial charge in [-0.25, -0.2) is 13.5 Å². The molecule has 0 saturated heterocycles. The van der Waals surface area contributed by atoms with Gasteiger partial charge in [0.1, 0.15) is 11.6 Å². The highest BCUT2D eigenvalue weighted by molar-refractivity contribution is 6.00. The molecule has 1 heterocycles. The van der Waals surface area contributed by atoms with Crippen molar-refractivity contribution >= 4 is 17.1 Å². The van der Waals surface area contributed by atoms with Crippen LogP contribution in [0.25, 0.3) is 11.1 Å². The number of aryl methyl sites for hydroxylation is 1. The van der Waals surface area contributed by atoms with E-state index in [1.54, 1.807) is 44.3 Å². The second-order valence-electron chi connectivity index (χ2n) is 7.75. The molecule has 0 spiro atoms. The summed E-state index contributed by atoms with van der Waals surface area (Å²) in [6.45, 7) is 1.86. The third kappa shape index (κ3) is 7.11. The van der Waals surface area contributed by atoms with E-state index in [0.717, 1.165) is 0 Å². The Morgan fingerprint density at radius 3 is 2.11 bits per heavy atom. The average Bonchev–Trinajstić information content (AvgIpc) is 3.24. The van der Waals surface area contributed by atoms with Gasteiger partial charge in [0.2, 0.25) is 0 Å². The van der Waals surface area contributed by atoms with Gasteiger partial charge in [0.05, 0.1) is 25.2 Å². The lowest BCUT2D eigenvalue weighted by Gasteiger charge is -2.15. The molecule has 0 saturated carbocycles. The zero-order valence-corrected chi connectivity index (χ0v) is 19.3. The van der Waals surface area contributed by atoms with E-state index < -0.39 is 29.8 Å². The number of carbonyl (C=O) groups is 1. The van der Waals surface area contributed by atoms with Crippen LogP contribution in [-0.4, -0.2) is 55.2 Å². The largest absolute Gasteiger partial charge is 0.466 e. The number of carbonyl (C=O) groups excluding carboxylic acids is 1. The summed E-state index contributed by atoms with van der Waals surface area (Å²) in [6.07, 6.45) is 0.443. The van der Waals surface area contributed by atoms with Crippen molar-refractivity contribution in [2.24, 2.45) is 7.05 Å². The Hall–Kier alpha value is -3.76. The summed E-state index contributed by atoms with van der Waals surface area (Å²) in [5, 5.41) is 32.2. The lowest BCUT2D eigenvalue weighted by Crippen LogP contribution is -2.20. The first-order chi connectivity index (χ1) is 16.8. The van der Waals surface area contributed by atoms with Crippen molar-refractivity contribution < 1.29 is 28.5 Å². The summed E-state index contributed by atoms with van der Waals surface area (Å²) in [5.74, 6) is -1.06. The number of aromatic nitrogens is 4. The van der Waals surface area contributed by atoms with Crippen LogP contribution in [0.2, 0.25) is 0 Å². The van der Waals surface area contributed by atoms with Crippen LogP contribution in [0, 0.1) is 11.6 Å². The molecule has 0 radical (unpaired) electrons. The molecule has 184 valence electrons. The van der Waals surface area contributed by atoms with Gasteiger partial charge in [0, 0.05) is 19.0 Å². The quantitative estimate of drug-likeness (QED) is 0.336. The molecule has 2 aromatic carbocycles. The molecule has 0 aliphatic rings. The van der Waals surface area contributed by atoms with Crippen LogP contribution in [0.4, 0.5) is 8.78 Å². The van der Waals surface area contributed by atoms with Crippen LogP contribution in [0.1, 0.15) is 36.7 Å². The SMILES string of the molecule is CCOC(=O)CC(O)CC(O)/C=C/C(=C(c1ccc(F)cc1)c1ccc(F)cc1)c1nnnn1C. The summed E-state index contributed by atoms with van der Waals surface area (Å²) in [4.78, 5) is 11.6. The number of aliphatic hydroxyl groups excluding tert-OH is 2. The van der Waals surface area contributed by atoms with Gasteiger partial charge in [-0.05, 0) is 58.3 Å². The molecule has 0 aliphatic heterocycles. The monoisotopic (exact) mass is 484 g/mol. The molecule has 10 heteroatoms. The van der Waals surface area contributed by atoms with Crippen molar-refractivity contribution in [1.29, 1.82) is 0 Å². The van der Waals surface area contributed by atoms with E-state index in [1.165, 1.54) is 35.0 Å². The maximum absolute atomic E-state index is 13.7. The highest BCUT2D eigenvalue weighted by Crippen LogP contribution is 2.32. The summed E-state index contributed by atoms with van der Waals surface area (Å²) >= 11 is 0. The Balaban J connectivity index is 2.05. The van der Waals surface area contributed by atoms with Crippen molar-refractivity contribution in [1.82, 2.24) is 20.2 Å². The molecule has 2 N–H and O–H groups in total. The fraction of sp³-hybridized carbons (Fsp3) is 0.280. The Morgan fingerprint density at radius 1 is 1.06 bits per heavy atom. The maximum atomic E-state index is 13.7. The van der Waals surface area contributed by atoms with Crippen LogP contribution in [0.5, 0.6) is 0 Å². The highest BCUT2D eigenvalue weighted by atomic mass is 19.1. The number of halogens is 2. The van der Waals surface area contributed by atoms with Crippen LogP contribution < -0.4 is 0 Å². The summed E-state index contributed by atoms with van der Waals surface area (Å²) in [6, 6.07) is 11.5. The minimum Gasteiger partial charge on any atom is -0.466 e. The van der Waals surface area contributed by atoms with E-state index in [1.807, 2.05) is 0 Å². The van der Waals surface area contributed by atoms with E-state index in [2.05, 4.69) is 15.5 Å². The zero-order chi connectivity index (χ0) is 25.4. The molecule has 3 aromatic rings. The molecule has 2 atom stereocenters. The zero-order valence-electron chi connectivity index (χ0n) is 19.3. The van der Waals surface area contributed by atoms with Gasteiger partial charge < -0.3 is 14.9 Å². The molecule has 0 amide bonds. The third-order valence-corrected chi connectivity index (χ3v) is 5.10. The second kappa shape index (κ2) is 12.1. The first-order valence-electron chi connectivity index (χ1n) is 11.0. The molecule has 0 bridgehead atoms. The summed E-state index contributed by atoms with van der Waals surface area (Å²) in [7, 11) is 1.63. The van der Waals surface area contributed by atoms with E-state index in [-0.39, 0.29) is 19.4 Å². The minimum atomic E-state index is -1.11. The van der Waals surface area contributed by atoms with Crippen LogP contribution in [0.3, 0.4) is 0 Å². The minimum absolute atomic E-state index is 0.109. The summed E-state index contributed by atoms with van der Waals surface area (Å²) in [5.41, 5.74) is 2.25. The molecule has 0 aliphatic carbocycles. The van der Waals surface area contributed by atoms with E-state index in [9.17, 15) is 23.8 Å². The van der Waals surface area contributed by atoms with Gasteiger partial charge in [0.15, 0.2) is 5.82 Å². The number of aliphatic hydroxyl groups is 2. The van der Waals surface area contributed by atoms with Gasteiger partial charge in [0.25, 0.3) is 0 Å². The van der Waals surface area contributed by atoms with Crippen molar-refractivity contribution in [2.75, 3.05) is 6.61 Å². The summed E-state index contributed by atoms with van der Waals surface area (Å²) < 4.78 is 33.5. The van der Waals surface area contributed by atoms with Gasteiger partial charge in [-0.15, -0.1) is 5.10 Å². The Bertz CT molecular complexity index is 1140. The molecular weight excluding hydrogens is 458 g/mol. The number of hydrogen-bond acceptors (Lipinski definition) is 7. The number of nitrogens with zero attached hydrogens (tertiary/aromatic N) is 4. The first-order valence-corrected chi connectivity index (χ1v) is 11.0. The van der Waals surface area contributed by atoms with Gasteiger partial charge >= 0.3 is 5.97 Å². The predicted molar refractivity (Wildman–Crippen MR) is 125 cm³/mol. The maximum Gasteiger partial charge on any atom is 0.308 e. The highest BCUT2D eigenvalue weighted by Gasteiger charge is 2.19. The molecule has 2 unspecified atom stereocenters. The Labute approximate surface area is 201 Å². The predicted octanol–water partition coefficient (Wildman–Crippen LogP) is 3.07. The smallest absolute Gasteiger partial charge is 0.308 e. The van der Waals surface area contributed by atoms with Crippen molar-refractivity contribution in [3.8, 4) is 0 Å². The molecule has 1 aromatic heterocycles. The first kappa shape index (κ1) is 25.9. The fourth-order valence-electron chi connectivity index (χ4n) is 3.50. The van der Waals surface area contributed by atoms with Crippen molar-refractivity contribution in [2.45, 2.75) is 32.0 Å². The lowest BCUT2D eigenvalue weighted by atomic mass is 9.91. The second-order valence-corrected chi connectivity index (χ2v) is 7.75. The molecule has 8 nitrogen and oxygen atoms in total. The fourth-order valence-corrected chi connectivity index (χ4v) is 3.50. The Morgan fingerprint density at radius 2 is 1.63 bits per heavy atom. The number of tetrazole rings is 1. The molecule has 3 rings (SSSR count). The van der Waals surface area contributed by atoms with Gasteiger partial charge in [-0.2, -0.15) is 0 Å².